The number of nitrogens with zero attached hydrogens (tertiary/aromatic N) is 3. The van der Waals surface area contributed by atoms with Gasteiger partial charge in [-0.2, -0.15) is 0 Å². The monoisotopic (exact) mass is 395 g/mol. The molecule has 0 radical (unpaired) electrons. The summed E-state index contributed by atoms with van der Waals surface area (Å²) in [4.78, 5) is 12.7. The molecule has 0 aromatic heterocycles. The van der Waals surface area contributed by atoms with Crippen molar-refractivity contribution >= 4 is 5.69 Å². The van der Waals surface area contributed by atoms with E-state index in [9.17, 15) is 10.2 Å². The zero-order valence-corrected chi connectivity index (χ0v) is 16.9. The largest absolute Gasteiger partial charge is 0.489 e. The highest BCUT2D eigenvalue weighted by Gasteiger charge is 2.53. The Balaban J connectivity index is 1.56. The van der Waals surface area contributed by atoms with Crippen molar-refractivity contribution in [3.05, 3.63) is 34.1 Å². The van der Waals surface area contributed by atoms with E-state index in [4.69, 9.17) is 14.7 Å². The lowest BCUT2D eigenvalue weighted by atomic mass is 9.70. The van der Waals surface area contributed by atoms with E-state index in [-0.39, 0.29) is 25.5 Å². The predicted molar refractivity (Wildman–Crippen MR) is 108 cm³/mol. The molecule has 5 aliphatic rings. The van der Waals surface area contributed by atoms with Crippen LogP contribution in [-0.4, -0.2) is 41.2 Å². The topological polar surface area (TPSA) is 77.6 Å². The van der Waals surface area contributed by atoms with Gasteiger partial charge in [-0.3, -0.25) is 9.98 Å². The molecular weight excluding hydrogens is 366 g/mol. The SMILES string of the molecule is OCC1(CO)COc2cc3c(cc2=N1)N1C2=C(CCCC2)CC2CCCCC21N=3. The molecule has 1 aromatic rings. The van der Waals surface area contributed by atoms with Gasteiger partial charge in [0, 0.05) is 17.7 Å². The number of hydrogen-bond acceptors (Lipinski definition) is 6. The van der Waals surface area contributed by atoms with Crippen LogP contribution in [0.15, 0.2) is 33.4 Å². The van der Waals surface area contributed by atoms with Crippen LogP contribution in [0.4, 0.5) is 5.69 Å². The van der Waals surface area contributed by atoms with Gasteiger partial charge in [-0.15, -0.1) is 0 Å². The Morgan fingerprint density at radius 1 is 1.03 bits per heavy atom. The van der Waals surface area contributed by atoms with Crippen molar-refractivity contribution in [1.82, 2.24) is 0 Å². The van der Waals surface area contributed by atoms with E-state index < -0.39 is 5.54 Å². The standard InChI is InChI=1S/C23H29N3O3/c27-12-22(13-28)14-29-21-11-17-20(10-18(21)24-22)26-19-7-2-1-5-15(19)9-16-6-3-4-8-23(16,26)25-17/h10-11,16,27-28H,1-9,12-14H2. The van der Waals surface area contributed by atoms with Crippen molar-refractivity contribution in [2.75, 3.05) is 24.7 Å². The Kier molecular flexibility index (Phi) is 3.88. The van der Waals surface area contributed by atoms with Gasteiger partial charge in [0.15, 0.2) is 0 Å². The molecule has 1 saturated carbocycles. The Morgan fingerprint density at radius 2 is 1.90 bits per heavy atom. The van der Waals surface area contributed by atoms with Crippen LogP contribution in [0, 0.1) is 5.92 Å². The number of allylic oxidation sites excluding steroid dienone is 2. The van der Waals surface area contributed by atoms with Gasteiger partial charge in [-0.05, 0) is 57.4 Å². The lowest BCUT2D eigenvalue weighted by molar-refractivity contribution is 0.0684. The van der Waals surface area contributed by atoms with Crippen molar-refractivity contribution in [3.8, 4) is 5.75 Å². The van der Waals surface area contributed by atoms with E-state index >= 15 is 0 Å². The lowest BCUT2D eigenvalue weighted by Crippen LogP contribution is -2.55. The summed E-state index contributed by atoms with van der Waals surface area (Å²) in [5, 5.41) is 21.3. The van der Waals surface area contributed by atoms with Gasteiger partial charge in [-0.1, -0.05) is 12.0 Å². The van der Waals surface area contributed by atoms with E-state index in [1.54, 1.807) is 5.57 Å². The highest BCUT2D eigenvalue weighted by Crippen LogP contribution is 2.54. The van der Waals surface area contributed by atoms with Crippen LogP contribution in [0.1, 0.15) is 57.8 Å². The van der Waals surface area contributed by atoms with Gasteiger partial charge < -0.3 is 19.8 Å². The summed E-state index contributed by atoms with van der Waals surface area (Å²) in [5.74, 6) is 1.30. The van der Waals surface area contributed by atoms with Crippen LogP contribution < -0.4 is 20.4 Å². The third-order valence-electron chi connectivity index (χ3n) is 7.76. The first kappa shape index (κ1) is 17.9. The maximum Gasteiger partial charge on any atom is 0.146 e. The molecule has 0 bridgehead atoms. The molecule has 154 valence electrons. The smallest absolute Gasteiger partial charge is 0.146 e. The number of aliphatic hydroxyl groups excluding tert-OH is 2. The number of hydrogen-bond donors (Lipinski definition) is 2. The molecule has 1 fully saturated rings. The number of rotatable bonds is 2. The van der Waals surface area contributed by atoms with Crippen molar-refractivity contribution in [3.63, 3.8) is 0 Å². The average molecular weight is 396 g/mol. The minimum Gasteiger partial charge on any atom is -0.489 e. The third kappa shape index (κ3) is 2.42. The van der Waals surface area contributed by atoms with Gasteiger partial charge in [0.1, 0.15) is 28.9 Å². The van der Waals surface area contributed by atoms with Crippen LogP contribution in [-0.2, 0) is 0 Å². The quantitative estimate of drug-likeness (QED) is 0.803. The number of benzene rings is 1. The van der Waals surface area contributed by atoms with Crippen LogP contribution in [0.5, 0.6) is 5.75 Å². The van der Waals surface area contributed by atoms with E-state index in [1.165, 1.54) is 50.6 Å². The maximum absolute atomic E-state index is 9.79. The summed E-state index contributed by atoms with van der Waals surface area (Å²) in [6, 6.07) is 4.13. The Labute approximate surface area is 170 Å². The first-order chi connectivity index (χ1) is 14.2. The molecule has 0 saturated heterocycles. The average Bonchev–Trinajstić information content (AvgIpc) is 3.08. The minimum atomic E-state index is -0.959. The fraction of sp³-hybridized carbons (Fsp3) is 0.652. The summed E-state index contributed by atoms with van der Waals surface area (Å²) in [7, 11) is 0. The molecule has 6 heteroatoms. The molecule has 3 aliphatic heterocycles. The molecule has 2 aliphatic carbocycles. The zero-order chi connectivity index (χ0) is 19.6. The highest BCUT2D eigenvalue weighted by atomic mass is 16.5. The minimum absolute atomic E-state index is 0.133. The van der Waals surface area contributed by atoms with E-state index in [2.05, 4.69) is 11.0 Å². The summed E-state index contributed by atoms with van der Waals surface area (Å²) in [6.07, 6.45) is 11.0. The van der Waals surface area contributed by atoms with E-state index in [0.29, 0.717) is 11.7 Å². The zero-order valence-electron chi connectivity index (χ0n) is 16.9. The Hall–Kier alpha value is -1.92. The van der Waals surface area contributed by atoms with Crippen molar-refractivity contribution in [2.24, 2.45) is 15.9 Å². The summed E-state index contributed by atoms with van der Waals surface area (Å²) in [6.45, 7) is -0.260. The molecule has 2 atom stereocenters. The van der Waals surface area contributed by atoms with Crippen LogP contribution >= 0.6 is 0 Å². The highest BCUT2D eigenvalue weighted by molar-refractivity contribution is 5.62. The van der Waals surface area contributed by atoms with E-state index in [0.717, 1.165) is 29.2 Å². The maximum atomic E-state index is 9.79. The molecule has 3 heterocycles. The van der Waals surface area contributed by atoms with E-state index in [1.807, 2.05) is 6.07 Å². The molecular formula is C23H29N3O3. The van der Waals surface area contributed by atoms with Crippen LogP contribution in [0.2, 0.25) is 0 Å². The summed E-state index contributed by atoms with van der Waals surface area (Å²) >= 11 is 0. The van der Waals surface area contributed by atoms with Gasteiger partial charge in [0.2, 0.25) is 0 Å². The predicted octanol–water partition coefficient (Wildman–Crippen LogP) is 1.98. The molecule has 1 aromatic carbocycles. The normalized spacial score (nSPS) is 31.4. The molecule has 6 nitrogen and oxygen atoms in total. The fourth-order valence-corrected chi connectivity index (χ4v) is 6.23. The van der Waals surface area contributed by atoms with Crippen molar-refractivity contribution < 1.29 is 14.9 Å². The number of anilines is 1. The molecule has 1 spiro atoms. The number of fused-ring (bicyclic) bond motifs is 4. The second-order valence-electron chi connectivity index (χ2n) is 9.48. The summed E-state index contributed by atoms with van der Waals surface area (Å²) in [5.41, 5.74) is 3.20. The fourth-order valence-electron chi connectivity index (χ4n) is 6.23. The second kappa shape index (κ2) is 6.29. The second-order valence-corrected chi connectivity index (χ2v) is 9.48. The number of aliphatic hydroxyl groups is 2. The van der Waals surface area contributed by atoms with Crippen LogP contribution in [0.3, 0.4) is 0 Å². The molecule has 29 heavy (non-hydrogen) atoms. The molecule has 6 rings (SSSR count). The van der Waals surface area contributed by atoms with Crippen molar-refractivity contribution in [1.29, 1.82) is 0 Å². The van der Waals surface area contributed by atoms with Gasteiger partial charge in [0.25, 0.3) is 0 Å². The van der Waals surface area contributed by atoms with Gasteiger partial charge >= 0.3 is 0 Å². The Bertz CT molecular complexity index is 1010. The van der Waals surface area contributed by atoms with Crippen LogP contribution in [0.25, 0.3) is 0 Å². The first-order valence-corrected chi connectivity index (χ1v) is 11.2. The lowest BCUT2D eigenvalue weighted by Gasteiger charge is -2.52. The first-order valence-electron chi connectivity index (χ1n) is 11.2. The Morgan fingerprint density at radius 3 is 2.76 bits per heavy atom. The number of ether oxygens (including phenoxy) is 1. The van der Waals surface area contributed by atoms with Gasteiger partial charge in [0.05, 0.1) is 24.3 Å². The van der Waals surface area contributed by atoms with Gasteiger partial charge in [-0.25, -0.2) is 0 Å². The molecule has 2 unspecified atom stereocenters. The summed E-state index contributed by atoms with van der Waals surface area (Å²) < 4.78 is 5.94. The van der Waals surface area contributed by atoms with Crippen molar-refractivity contribution in [2.45, 2.75) is 69.0 Å². The molecule has 2 N–H and O–H groups in total. The molecule has 0 amide bonds. The third-order valence-corrected chi connectivity index (χ3v) is 7.76.